The van der Waals surface area contributed by atoms with Crippen molar-refractivity contribution in [3.8, 4) is 0 Å². The van der Waals surface area contributed by atoms with Crippen molar-refractivity contribution in [3.05, 3.63) is 35.8 Å². The number of carbonyl (C=O) groups is 1. The lowest BCUT2D eigenvalue weighted by atomic mass is 10.0. The minimum atomic E-state index is -0.977. The summed E-state index contributed by atoms with van der Waals surface area (Å²) in [4.78, 5) is 10.3. The minimum absolute atomic E-state index is 0.318. The number of rotatable bonds is 14. The summed E-state index contributed by atoms with van der Waals surface area (Å²) in [5.74, 6) is 0.452. The minimum Gasteiger partial charge on any atom is -0.478 e. The Morgan fingerprint density at radius 3 is 2.29 bits per heavy atom. The maximum Gasteiger partial charge on any atom is 0.328 e. The Morgan fingerprint density at radius 1 is 1.04 bits per heavy atom. The third-order valence-corrected chi connectivity index (χ3v) is 4.12. The quantitative estimate of drug-likeness (QED) is 0.263. The normalized spacial score (nSPS) is 18.2. The smallest absolute Gasteiger partial charge is 0.328 e. The largest absolute Gasteiger partial charge is 0.478 e. The van der Waals surface area contributed by atoms with Crippen molar-refractivity contribution >= 4 is 5.97 Å². The van der Waals surface area contributed by atoms with Gasteiger partial charge in [-0.2, -0.15) is 0 Å². The predicted molar refractivity (Wildman–Crippen MR) is 96.5 cm³/mol. The van der Waals surface area contributed by atoms with Gasteiger partial charge in [-0.05, 0) is 25.0 Å². The third-order valence-electron chi connectivity index (χ3n) is 4.12. The molecule has 0 amide bonds. The first-order valence-electron chi connectivity index (χ1n) is 9.31. The Labute approximate surface area is 145 Å². The molecule has 2 N–H and O–H groups in total. The molecule has 0 radical (unpaired) electrons. The molecule has 0 bridgehead atoms. The van der Waals surface area contributed by atoms with Gasteiger partial charge in [0.05, 0.1) is 6.10 Å². The maximum absolute atomic E-state index is 10.3. The number of allylic oxidation sites excluding steroid dienone is 2. The van der Waals surface area contributed by atoms with Gasteiger partial charge in [-0.3, -0.25) is 0 Å². The predicted octanol–water partition coefficient (Wildman–Crippen LogP) is 5.10. The Kier molecular flexibility index (Phi) is 10.9. The third kappa shape index (κ3) is 11.1. The van der Waals surface area contributed by atoms with E-state index in [4.69, 9.17) is 9.84 Å². The molecule has 0 spiro atoms. The molecular formula is C20H32O4. The molecule has 1 rings (SSSR count). The highest BCUT2D eigenvalue weighted by atomic mass is 16.6. The van der Waals surface area contributed by atoms with Crippen molar-refractivity contribution in [2.75, 3.05) is 0 Å². The van der Waals surface area contributed by atoms with Crippen LogP contribution in [0.2, 0.25) is 0 Å². The van der Waals surface area contributed by atoms with Gasteiger partial charge in [0.15, 0.2) is 11.5 Å². The van der Waals surface area contributed by atoms with E-state index in [1.807, 2.05) is 6.08 Å². The fraction of sp³-hybridized carbons (Fsp3) is 0.650. The summed E-state index contributed by atoms with van der Waals surface area (Å²) in [6.07, 6.45) is 18.7. The molecular weight excluding hydrogens is 304 g/mol. The summed E-state index contributed by atoms with van der Waals surface area (Å²) >= 11 is 0. The topological polar surface area (TPSA) is 70.1 Å². The average molecular weight is 336 g/mol. The standard InChI is InChI=1S/C20H32O4/c1-2-3-4-5-6-7-8-9-10-12-17(21)15-16-19-18(24-19)13-11-14-20(22)23/h11,13-14,16-17,21H,2-10,12,15H2,1H3,(H,22,23)/b14-11+,18-13-,19-16-. The van der Waals surface area contributed by atoms with E-state index in [0.29, 0.717) is 12.2 Å². The van der Waals surface area contributed by atoms with Gasteiger partial charge in [0.1, 0.15) is 0 Å². The van der Waals surface area contributed by atoms with Crippen molar-refractivity contribution in [1.82, 2.24) is 0 Å². The van der Waals surface area contributed by atoms with Crippen molar-refractivity contribution in [2.45, 2.75) is 83.7 Å². The zero-order chi connectivity index (χ0) is 17.6. The molecule has 136 valence electrons. The SMILES string of the molecule is CCCCCCCCCCCC(O)C\C=C1/O/C1=C\C=C\C(=O)O. The number of carboxylic acids is 1. The van der Waals surface area contributed by atoms with E-state index in [1.165, 1.54) is 57.4 Å². The fourth-order valence-corrected chi connectivity index (χ4v) is 2.62. The van der Waals surface area contributed by atoms with Gasteiger partial charge in [-0.25, -0.2) is 4.79 Å². The Morgan fingerprint density at radius 2 is 1.67 bits per heavy atom. The van der Waals surface area contributed by atoms with E-state index >= 15 is 0 Å². The number of aliphatic carboxylic acids is 1. The van der Waals surface area contributed by atoms with Crippen LogP contribution >= 0.6 is 0 Å². The van der Waals surface area contributed by atoms with Crippen LogP contribution in [-0.2, 0) is 9.53 Å². The van der Waals surface area contributed by atoms with Crippen molar-refractivity contribution in [1.29, 1.82) is 0 Å². The van der Waals surface area contributed by atoms with Crippen LogP contribution < -0.4 is 0 Å². The number of hydrogen-bond donors (Lipinski definition) is 2. The molecule has 1 aliphatic heterocycles. The van der Waals surface area contributed by atoms with Gasteiger partial charge < -0.3 is 14.9 Å². The van der Waals surface area contributed by atoms with Crippen molar-refractivity contribution < 1.29 is 19.7 Å². The molecule has 4 nitrogen and oxygen atoms in total. The summed E-state index contributed by atoms with van der Waals surface area (Å²) in [6, 6.07) is 0. The van der Waals surface area contributed by atoms with Gasteiger partial charge in [-0.15, -0.1) is 0 Å². The number of hydrogen-bond acceptors (Lipinski definition) is 3. The molecule has 1 heterocycles. The molecule has 1 unspecified atom stereocenters. The Balaban J connectivity index is 1.98. The van der Waals surface area contributed by atoms with Crippen LogP contribution in [0, 0.1) is 0 Å². The van der Waals surface area contributed by atoms with Crippen molar-refractivity contribution in [3.63, 3.8) is 0 Å². The number of carboxylic acid groups (broad SMARTS) is 1. The van der Waals surface area contributed by atoms with E-state index in [2.05, 4.69) is 6.92 Å². The monoisotopic (exact) mass is 336 g/mol. The summed E-state index contributed by atoms with van der Waals surface area (Å²) in [7, 11) is 0. The number of epoxide rings is 1. The molecule has 1 atom stereocenters. The maximum atomic E-state index is 10.3. The van der Waals surface area contributed by atoms with E-state index < -0.39 is 5.97 Å². The Hall–Kier alpha value is -1.55. The van der Waals surface area contributed by atoms with E-state index in [0.717, 1.165) is 24.7 Å². The number of aliphatic hydroxyl groups excluding tert-OH is 1. The van der Waals surface area contributed by atoms with Crippen LogP contribution in [0.5, 0.6) is 0 Å². The number of aliphatic hydroxyl groups is 1. The molecule has 0 aliphatic carbocycles. The van der Waals surface area contributed by atoms with Crippen LogP contribution in [0.1, 0.15) is 77.6 Å². The lowest BCUT2D eigenvalue weighted by Crippen LogP contribution is -2.04. The second-order valence-electron chi connectivity index (χ2n) is 6.41. The molecule has 4 heteroatoms. The molecule has 24 heavy (non-hydrogen) atoms. The van der Waals surface area contributed by atoms with Crippen LogP contribution in [0.3, 0.4) is 0 Å². The van der Waals surface area contributed by atoms with Crippen molar-refractivity contribution in [2.24, 2.45) is 0 Å². The highest BCUT2D eigenvalue weighted by Crippen LogP contribution is 2.32. The first kappa shape index (κ1) is 20.5. The first-order chi connectivity index (χ1) is 11.6. The summed E-state index contributed by atoms with van der Waals surface area (Å²) in [6.45, 7) is 2.24. The second kappa shape index (κ2) is 12.8. The fourth-order valence-electron chi connectivity index (χ4n) is 2.62. The van der Waals surface area contributed by atoms with Gasteiger partial charge in [0.2, 0.25) is 0 Å². The zero-order valence-corrected chi connectivity index (χ0v) is 14.9. The average Bonchev–Trinajstić information content (AvgIpc) is 3.29. The van der Waals surface area contributed by atoms with E-state index in [-0.39, 0.29) is 6.10 Å². The highest BCUT2D eigenvalue weighted by molar-refractivity contribution is 5.80. The lowest BCUT2D eigenvalue weighted by Gasteiger charge is -2.07. The molecule has 1 aliphatic rings. The molecule has 0 aromatic rings. The van der Waals surface area contributed by atoms with E-state index in [1.54, 1.807) is 6.08 Å². The molecule has 0 saturated carbocycles. The summed E-state index contributed by atoms with van der Waals surface area (Å²) in [5.41, 5.74) is 0. The second-order valence-corrected chi connectivity index (χ2v) is 6.41. The van der Waals surface area contributed by atoms with E-state index in [9.17, 15) is 9.90 Å². The number of ether oxygens (including phenoxy) is 1. The molecule has 1 saturated heterocycles. The molecule has 0 aromatic carbocycles. The van der Waals surface area contributed by atoms with Crippen LogP contribution in [0.4, 0.5) is 0 Å². The van der Waals surface area contributed by atoms with Gasteiger partial charge in [0.25, 0.3) is 0 Å². The highest BCUT2D eigenvalue weighted by Gasteiger charge is 2.23. The number of unbranched alkanes of at least 4 members (excludes halogenated alkanes) is 8. The zero-order valence-electron chi connectivity index (χ0n) is 14.9. The van der Waals surface area contributed by atoms with Crippen LogP contribution in [-0.4, -0.2) is 22.3 Å². The van der Waals surface area contributed by atoms with Gasteiger partial charge >= 0.3 is 5.97 Å². The summed E-state index contributed by atoms with van der Waals surface area (Å²) in [5, 5.41) is 18.4. The van der Waals surface area contributed by atoms with Crippen LogP contribution in [0.15, 0.2) is 35.8 Å². The first-order valence-corrected chi connectivity index (χ1v) is 9.31. The lowest BCUT2D eigenvalue weighted by molar-refractivity contribution is -0.131. The van der Waals surface area contributed by atoms with Gasteiger partial charge in [0, 0.05) is 6.08 Å². The molecule has 1 fully saturated rings. The van der Waals surface area contributed by atoms with Gasteiger partial charge in [-0.1, -0.05) is 70.8 Å². The Bertz CT molecular complexity index is 449. The molecule has 0 aromatic heterocycles. The summed E-state index contributed by atoms with van der Waals surface area (Å²) < 4.78 is 5.21. The van der Waals surface area contributed by atoms with Crippen LogP contribution in [0.25, 0.3) is 0 Å².